The summed E-state index contributed by atoms with van der Waals surface area (Å²) >= 11 is 3.39. The van der Waals surface area contributed by atoms with E-state index >= 15 is 0 Å². The van der Waals surface area contributed by atoms with Crippen LogP contribution in [-0.4, -0.2) is 9.55 Å². The van der Waals surface area contributed by atoms with Crippen LogP contribution in [0, 0.1) is 5.82 Å². The summed E-state index contributed by atoms with van der Waals surface area (Å²) < 4.78 is 15.9. The number of benzene rings is 2. The molecule has 2 aromatic carbocycles. The lowest BCUT2D eigenvalue weighted by molar-refractivity contribution is 0.617. The van der Waals surface area contributed by atoms with Gasteiger partial charge in [-0.1, -0.05) is 40.2 Å². The van der Waals surface area contributed by atoms with Crippen LogP contribution < -0.4 is 0 Å². The predicted molar refractivity (Wildman–Crippen MR) is 73.7 cm³/mol. The minimum absolute atomic E-state index is 0.241. The fourth-order valence-electron chi connectivity index (χ4n) is 2.07. The zero-order valence-corrected chi connectivity index (χ0v) is 11.1. The van der Waals surface area contributed by atoms with E-state index in [1.54, 1.807) is 17.0 Å². The first kappa shape index (κ1) is 11.4. The third kappa shape index (κ3) is 1.73. The van der Waals surface area contributed by atoms with E-state index in [4.69, 9.17) is 0 Å². The van der Waals surface area contributed by atoms with Crippen molar-refractivity contribution in [3.8, 4) is 5.69 Å². The molecule has 1 aromatic heterocycles. The highest BCUT2D eigenvalue weighted by Gasteiger charge is 2.12. The van der Waals surface area contributed by atoms with Crippen LogP contribution in [-0.2, 0) is 5.33 Å². The molecule has 0 aliphatic rings. The molecule has 0 radical (unpaired) electrons. The molecule has 3 rings (SSSR count). The molecule has 0 saturated carbocycles. The highest BCUT2D eigenvalue weighted by molar-refractivity contribution is 9.08. The van der Waals surface area contributed by atoms with Gasteiger partial charge in [0.15, 0.2) is 0 Å². The molecule has 0 unspecified atom stereocenters. The monoisotopic (exact) mass is 304 g/mol. The summed E-state index contributed by atoms with van der Waals surface area (Å²) in [6.45, 7) is 0. The number of halogens is 2. The predicted octanol–water partition coefficient (Wildman–Crippen LogP) is 4.06. The van der Waals surface area contributed by atoms with Gasteiger partial charge in [0, 0.05) is 5.33 Å². The van der Waals surface area contributed by atoms with Gasteiger partial charge in [-0.25, -0.2) is 9.37 Å². The van der Waals surface area contributed by atoms with Gasteiger partial charge >= 0.3 is 0 Å². The summed E-state index contributed by atoms with van der Waals surface area (Å²) in [7, 11) is 0. The Balaban J connectivity index is 2.33. The molecule has 2 nitrogen and oxygen atoms in total. The molecule has 18 heavy (non-hydrogen) atoms. The van der Waals surface area contributed by atoms with Gasteiger partial charge in [-0.3, -0.25) is 4.57 Å². The Morgan fingerprint density at radius 1 is 1.11 bits per heavy atom. The van der Waals surface area contributed by atoms with Crippen molar-refractivity contribution in [3.63, 3.8) is 0 Å². The minimum Gasteiger partial charge on any atom is -0.296 e. The fourth-order valence-corrected chi connectivity index (χ4v) is 2.53. The SMILES string of the molecule is Fc1cccc(CBr)c1-n1cnc2ccccc21. The summed E-state index contributed by atoms with van der Waals surface area (Å²) in [5.41, 5.74) is 3.23. The summed E-state index contributed by atoms with van der Waals surface area (Å²) in [4.78, 5) is 4.29. The zero-order valence-electron chi connectivity index (χ0n) is 9.48. The van der Waals surface area contributed by atoms with E-state index in [1.165, 1.54) is 6.07 Å². The number of para-hydroxylation sites is 3. The third-order valence-corrected chi connectivity index (χ3v) is 3.51. The highest BCUT2D eigenvalue weighted by atomic mass is 79.9. The second kappa shape index (κ2) is 4.53. The molecule has 90 valence electrons. The van der Waals surface area contributed by atoms with Gasteiger partial charge in [-0.2, -0.15) is 0 Å². The first-order valence-corrected chi connectivity index (χ1v) is 6.69. The molecular weight excluding hydrogens is 295 g/mol. The van der Waals surface area contributed by atoms with Crippen molar-refractivity contribution in [1.82, 2.24) is 9.55 Å². The van der Waals surface area contributed by atoms with Crippen LogP contribution in [0.5, 0.6) is 0 Å². The highest BCUT2D eigenvalue weighted by Crippen LogP contribution is 2.25. The van der Waals surface area contributed by atoms with Crippen LogP contribution in [0.4, 0.5) is 4.39 Å². The minimum atomic E-state index is -0.241. The van der Waals surface area contributed by atoms with Crippen molar-refractivity contribution in [2.75, 3.05) is 0 Å². The first-order chi connectivity index (χ1) is 8.81. The molecule has 0 aliphatic carbocycles. The van der Waals surface area contributed by atoms with Gasteiger partial charge in [-0.15, -0.1) is 0 Å². The van der Waals surface area contributed by atoms with Crippen LogP contribution in [0.15, 0.2) is 48.8 Å². The molecule has 0 saturated heterocycles. The van der Waals surface area contributed by atoms with Gasteiger partial charge < -0.3 is 0 Å². The number of rotatable bonds is 2. The molecule has 0 aliphatic heterocycles. The number of nitrogens with zero attached hydrogens (tertiary/aromatic N) is 2. The van der Waals surface area contributed by atoms with Gasteiger partial charge in [-0.05, 0) is 23.8 Å². The molecule has 4 heteroatoms. The van der Waals surface area contributed by atoms with Crippen LogP contribution in [0.25, 0.3) is 16.7 Å². The molecular formula is C14H10BrFN2. The summed E-state index contributed by atoms with van der Waals surface area (Å²) in [5, 5.41) is 0.604. The van der Waals surface area contributed by atoms with Gasteiger partial charge in [0.25, 0.3) is 0 Å². The number of fused-ring (bicyclic) bond motifs is 1. The standard InChI is InChI=1S/C14H10BrFN2/c15-8-10-4-3-5-11(16)14(10)18-9-17-12-6-1-2-7-13(12)18/h1-7,9H,8H2. The van der Waals surface area contributed by atoms with E-state index < -0.39 is 0 Å². The van der Waals surface area contributed by atoms with Gasteiger partial charge in [0.05, 0.1) is 16.7 Å². The zero-order chi connectivity index (χ0) is 12.5. The Labute approximate surface area is 112 Å². The lowest BCUT2D eigenvalue weighted by atomic mass is 10.2. The Hall–Kier alpha value is -1.68. The molecule has 1 heterocycles. The Morgan fingerprint density at radius 2 is 1.94 bits per heavy atom. The quantitative estimate of drug-likeness (QED) is 0.653. The van der Waals surface area contributed by atoms with Crippen molar-refractivity contribution in [2.45, 2.75) is 5.33 Å². The molecule has 0 N–H and O–H groups in total. The number of alkyl halides is 1. The van der Waals surface area contributed by atoms with Crippen molar-refractivity contribution in [1.29, 1.82) is 0 Å². The van der Waals surface area contributed by atoms with E-state index in [1.807, 2.05) is 30.3 Å². The van der Waals surface area contributed by atoms with Crippen molar-refractivity contribution < 1.29 is 4.39 Å². The van der Waals surface area contributed by atoms with E-state index in [0.717, 1.165) is 16.6 Å². The van der Waals surface area contributed by atoms with E-state index in [9.17, 15) is 4.39 Å². The van der Waals surface area contributed by atoms with Crippen LogP contribution in [0.1, 0.15) is 5.56 Å². The first-order valence-electron chi connectivity index (χ1n) is 5.57. The van der Waals surface area contributed by atoms with Crippen molar-refractivity contribution in [3.05, 3.63) is 60.2 Å². The van der Waals surface area contributed by atoms with Gasteiger partial charge in [0.2, 0.25) is 0 Å². The van der Waals surface area contributed by atoms with E-state index in [2.05, 4.69) is 20.9 Å². The maximum atomic E-state index is 14.1. The van der Waals surface area contributed by atoms with E-state index in [-0.39, 0.29) is 5.82 Å². The average molecular weight is 305 g/mol. The van der Waals surface area contributed by atoms with E-state index in [0.29, 0.717) is 11.0 Å². The molecule has 0 spiro atoms. The lowest BCUT2D eigenvalue weighted by Crippen LogP contribution is -2.00. The molecule has 0 fully saturated rings. The summed E-state index contributed by atoms with van der Waals surface area (Å²) in [5.74, 6) is -0.241. The van der Waals surface area contributed by atoms with Crippen LogP contribution in [0.3, 0.4) is 0 Å². The Kier molecular flexibility index (Phi) is 2.88. The molecule has 3 aromatic rings. The maximum absolute atomic E-state index is 14.1. The molecule has 0 bridgehead atoms. The van der Waals surface area contributed by atoms with Gasteiger partial charge in [0.1, 0.15) is 12.1 Å². The number of hydrogen-bond acceptors (Lipinski definition) is 1. The summed E-state index contributed by atoms with van der Waals surface area (Å²) in [6.07, 6.45) is 1.66. The number of aromatic nitrogens is 2. The second-order valence-corrected chi connectivity index (χ2v) is 4.55. The fraction of sp³-hybridized carbons (Fsp3) is 0.0714. The Morgan fingerprint density at radius 3 is 2.78 bits per heavy atom. The smallest absolute Gasteiger partial charge is 0.147 e. The third-order valence-electron chi connectivity index (χ3n) is 2.91. The maximum Gasteiger partial charge on any atom is 0.147 e. The van der Waals surface area contributed by atoms with Crippen LogP contribution >= 0.6 is 15.9 Å². The molecule has 0 amide bonds. The lowest BCUT2D eigenvalue weighted by Gasteiger charge is -2.10. The number of imidazole rings is 1. The molecule has 0 atom stereocenters. The normalized spacial score (nSPS) is 11.0. The Bertz CT molecular complexity index is 706. The largest absolute Gasteiger partial charge is 0.296 e. The topological polar surface area (TPSA) is 17.8 Å². The van der Waals surface area contributed by atoms with Crippen molar-refractivity contribution >= 4 is 27.0 Å². The second-order valence-electron chi connectivity index (χ2n) is 3.98. The average Bonchev–Trinajstić information content (AvgIpc) is 2.82. The van der Waals surface area contributed by atoms with Crippen LogP contribution in [0.2, 0.25) is 0 Å². The summed E-state index contributed by atoms with van der Waals surface area (Å²) in [6, 6.07) is 12.8. The number of hydrogen-bond donors (Lipinski definition) is 0. The van der Waals surface area contributed by atoms with Crippen molar-refractivity contribution in [2.24, 2.45) is 0 Å².